The molecule has 0 N–H and O–H groups in total. The molecule has 1 rings (SSSR count). The quantitative estimate of drug-likeness (QED) is 0.656. The Hall–Kier alpha value is -1.03. The van der Waals surface area contributed by atoms with Crippen molar-refractivity contribution in [2.24, 2.45) is 0 Å². The van der Waals surface area contributed by atoms with E-state index in [4.69, 9.17) is 0 Å². The molecule has 0 aliphatic heterocycles. The summed E-state index contributed by atoms with van der Waals surface area (Å²) in [6, 6.07) is 6.31. The van der Waals surface area contributed by atoms with Crippen molar-refractivity contribution in [1.82, 2.24) is 0 Å². The van der Waals surface area contributed by atoms with E-state index in [1.54, 1.807) is 18.2 Å². The summed E-state index contributed by atoms with van der Waals surface area (Å²) in [5, 5.41) is 0. The van der Waals surface area contributed by atoms with Gasteiger partial charge in [-0.25, -0.2) is 9.74 Å². The molecule has 0 spiro atoms. The highest BCUT2D eigenvalue weighted by Crippen LogP contribution is 2.13. The SMILES string of the molecule is O=C(OF)c1ccccc1S. The summed E-state index contributed by atoms with van der Waals surface area (Å²) < 4.78 is 11.4. The van der Waals surface area contributed by atoms with Crippen LogP contribution in [-0.4, -0.2) is 5.97 Å². The Labute approximate surface area is 68.3 Å². The Kier molecular flexibility index (Phi) is 2.48. The lowest BCUT2D eigenvalue weighted by Crippen LogP contribution is -1.99. The number of carbonyl (C=O) groups excluding carboxylic acids is 1. The van der Waals surface area contributed by atoms with Crippen molar-refractivity contribution in [3.63, 3.8) is 0 Å². The van der Waals surface area contributed by atoms with Gasteiger partial charge in [-0.3, -0.25) is 0 Å². The van der Waals surface area contributed by atoms with Gasteiger partial charge in [-0.1, -0.05) is 12.1 Å². The fraction of sp³-hybridized carbons (Fsp3) is 0. The van der Waals surface area contributed by atoms with Gasteiger partial charge in [0.2, 0.25) is 0 Å². The summed E-state index contributed by atoms with van der Waals surface area (Å²) in [5.74, 6) is -1.02. The molecule has 11 heavy (non-hydrogen) atoms. The molecule has 1 aromatic carbocycles. The van der Waals surface area contributed by atoms with E-state index in [1.165, 1.54) is 6.07 Å². The molecule has 0 saturated heterocycles. The highest BCUT2D eigenvalue weighted by atomic mass is 32.1. The van der Waals surface area contributed by atoms with Gasteiger partial charge in [0.05, 0.1) is 5.56 Å². The third kappa shape index (κ3) is 1.71. The lowest BCUT2D eigenvalue weighted by atomic mass is 10.2. The zero-order valence-electron chi connectivity index (χ0n) is 5.45. The van der Waals surface area contributed by atoms with Crippen molar-refractivity contribution < 1.29 is 14.3 Å². The fourth-order valence-corrected chi connectivity index (χ4v) is 0.940. The molecule has 0 atom stereocenters. The van der Waals surface area contributed by atoms with Gasteiger partial charge in [0.25, 0.3) is 0 Å². The largest absolute Gasteiger partial charge is 0.380 e. The van der Waals surface area contributed by atoms with Gasteiger partial charge >= 0.3 is 5.97 Å². The molecule has 4 heteroatoms. The summed E-state index contributed by atoms with van der Waals surface area (Å²) in [6.45, 7) is 0. The number of hydrogen-bond donors (Lipinski definition) is 1. The molecule has 0 bridgehead atoms. The van der Waals surface area contributed by atoms with E-state index in [-0.39, 0.29) is 5.56 Å². The average Bonchev–Trinajstić information content (AvgIpc) is 2.04. The molecule has 1 aromatic rings. The van der Waals surface area contributed by atoms with E-state index in [9.17, 15) is 9.32 Å². The molecule has 0 amide bonds. The van der Waals surface area contributed by atoms with Crippen molar-refractivity contribution in [1.29, 1.82) is 0 Å². The van der Waals surface area contributed by atoms with Crippen LogP contribution in [0.3, 0.4) is 0 Å². The Balaban J connectivity index is 3.03. The summed E-state index contributed by atoms with van der Waals surface area (Å²) in [4.78, 5) is 14.0. The molecule has 0 aliphatic carbocycles. The number of benzene rings is 1. The van der Waals surface area contributed by atoms with E-state index in [0.717, 1.165) is 0 Å². The van der Waals surface area contributed by atoms with Crippen LogP contribution in [0.15, 0.2) is 29.2 Å². The zero-order valence-corrected chi connectivity index (χ0v) is 6.35. The molecule has 0 fully saturated rings. The highest BCUT2D eigenvalue weighted by Gasteiger charge is 2.09. The third-order valence-corrected chi connectivity index (χ3v) is 1.58. The van der Waals surface area contributed by atoms with Crippen LogP contribution in [0.4, 0.5) is 4.53 Å². The predicted octanol–water partition coefficient (Wildman–Crippen LogP) is 2.02. The summed E-state index contributed by atoms with van der Waals surface area (Å²) in [7, 11) is 0. The van der Waals surface area contributed by atoms with Crippen LogP contribution >= 0.6 is 12.6 Å². The lowest BCUT2D eigenvalue weighted by Gasteiger charge is -1.96. The number of halogens is 1. The normalized spacial score (nSPS) is 9.27. The maximum Gasteiger partial charge on any atom is 0.380 e. The number of rotatable bonds is 1. The minimum atomic E-state index is -1.02. The smallest absolute Gasteiger partial charge is 0.249 e. The fourth-order valence-electron chi connectivity index (χ4n) is 0.688. The molecule has 0 saturated carbocycles. The van der Waals surface area contributed by atoms with Crippen LogP contribution < -0.4 is 0 Å². The van der Waals surface area contributed by atoms with Crippen molar-refractivity contribution in [2.75, 3.05) is 0 Å². The Morgan fingerprint density at radius 1 is 1.45 bits per heavy atom. The van der Waals surface area contributed by atoms with E-state index in [2.05, 4.69) is 17.6 Å². The number of carbonyl (C=O) groups is 1. The van der Waals surface area contributed by atoms with E-state index in [0.29, 0.717) is 4.90 Å². The van der Waals surface area contributed by atoms with E-state index in [1.807, 2.05) is 0 Å². The lowest BCUT2D eigenvalue weighted by molar-refractivity contribution is -0.0791. The molecule has 0 aliphatic rings. The molecule has 2 nitrogen and oxygen atoms in total. The van der Waals surface area contributed by atoms with Crippen molar-refractivity contribution in [3.8, 4) is 0 Å². The summed E-state index contributed by atoms with van der Waals surface area (Å²) >= 11 is 3.92. The van der Waals surface area contributed by atoms with Gasteiger partial charge in [0, 0.05) is 9.42 Å². The van der Waals surface area contributed by atoms with Crippen LogP contribution in [0.25, 0.3) is 0 Å². The molecular formula is C7H5FO2S. The van der Waals surface area contributed by atoms with Crippen molar-refractivity contribution in [3.05, 3.63) is 29.8 Å². The topological polar surface area (TPSA) is 26.3 Å². The molecule has 0 heterocycles. The zero-order chi connectivity index (χ0) is 8.27. The van der Waals surface area contributed by atoms with Gasteiger partial charge in [0.1, 0.15) is 0 Å². The van der Waals surface area contributed by atoms with Crippen molar-refractivity contribution in [2.45, 2.75) is 4.90 Å². The predicted molar refractivity (Wildman–Crippen MR) is 40.2 cm³/mol. The van der Waals surface area contributed by atoms with Gasteiger partial charge < -0.3 is 0 Å². The maximum atomic E-state index is 11.4. The minimum Gasteiger partial charge on any atom is -0.249 e. The third-order valence-electron chi connectivity index (χ3n) is 1.19. The number of hydrogen-bond acceptors (Lipinski definition) is 3. The second kappa shape index (κ2) is 3.39. The Bertz CT molecular complexity index is 275. The second-order valence-electron chi connectivity index (χ2n) is 1.88. The van der Waals surface area contributed by atoms with Gasteiger partial charge in [-0.2, -0.15) is 0 Å². The molecule has 58 valence electrons. The van der Waals surface area contributed by atoms with Gasteiger partial charge in [-0.05, 0) is 12.1 Å². The van der Waals surface area contributed by atoms with Gasteiger partial charge in [-0.15, -0.1) is 12.6 Å². The van der Waals surface area contributed by atoms with Crippen LogP contribution in [0.1, 0.15) is 10.4 Å². The minimum absolute atomic E-state index is 0.123. The standard InChI is InChI=1S/C7H5FO2S/c8-10-7(9)5-3-1-2-4-6(5)11/h1-4,11H. The first-order chi connectivity index (χ1) is 5.25. The summed E-state index contributed by atoms with van der Waals surface area (Å²) in [6.07, 6.45) is 0. The molecule has 0 unspecified atom stereocenters. The molecular weight excluding hydrogens is 167 g/mol. The molecule has 0 radical (unpaired) electrons. The first-order valence-electron chi connectivity index (χ1n) is 2.86. The second-order valence-corrected chi connectivity index (χ2v) is 2.36. The Morgan fingerprint density at radius 2 is 2.09 bits per heavy atom. The first-order valence-corrected chi connectivity index (χ1v) is 3.31. The summed E-state index contributed by atoms with van der Waals surface area (Å²) in [5.41, 5.74) is 0.123. The van der Waals surface area contributed by atoms with E-state index < -0.39 is 5.97 Å². The van der Waals surface area contributed by atoms with Crippen LogP contribution in [-0.2, 0) is 4.94 Å². The van der Waals surface area contributed by atoms with E-state index >= 15 is 0 Å². The van der Waals surface area contributed by atoms with Crippen LogP contribution in [0, 0.1) is 0 Å². The van der Waals surface area contributed by atoms with Crippen molar-refractivity contribution >= 4 is 18.6 Å². The van der Waals surface area contributed by atoms with Crippen LogP contribution in [0.5, 0.6) is 0 Å². The monoisotopic (exact) mass is 172 g/mol. The first kappa shape index (κ1) is 8.07. The average molecular weight is 172 g/mol. The highest BCUT2D eigenvalue weighted by molar-refractivity contribution is 7.80. The Morgan fingerprint density at radius 3 is 2.64 bits per heavy atom. The van der Waals surface area contributed by atoms with Crippen LogP contribution in [0.2, 0.25) is 0 Å². The molecule has 0 aromatic heterocycles. The number of thiol groups is 1. The maximum absolute atomic E-state index is 11.4. The van der Waals surface area contributed by atoms with Gasteiger partial charge in [0.15, 0.2) is 0 Å².